The number of aryl methyl sites for hydroxylation is 1. The van der Waals surface area contributed by atoms with Crippen molar-refractivity contribution in [3.63, 3.8) is 0 Å². The number of methoxy groups -OCH3 is 2. The van der Waals surface area contributed by atoms with E-state index in [9.17, 15) is 4.79 Å². The van der Waals surface area contributed by atoms with Crippen molar-refractivity contribution in [2.24, 2.45) is 0 Å². The third kappa shape index (κ3) is 8.92. The zero-order valence-corrected chi connectivity index (χ0v) is 19.9. The van der Waals surface area contributed by atoms with Crippen LogP contribution < -0.4 is 15.2 Å². The number of ether oxygens (including phenoxy) is 2. The van der Waals surface area contributed by atoms with Crippen LogP contribution in [-0.2, 0) is 6.42 Å². The SMILES string of the molecule is CCCCCCCCCCCCCCCCc1[nH]c(=O)nc2cc(OC)c(OC)cc12. The van der Waals surface area contributed by atoms with Crippen LogP contribution in [0.15, 0.2) is 16.9 Å². The van der Waals surface area contributed by atoms with Crippen LogP contribution in [-0.4, -0.2) is 24.2 Å². The van der Waals surface area contributed by atoms with Gasteiger partial charge in [0.1, 0.15) is 0 Å². The van der Waals surface area contributed by atoms with Gasteiger partial charge in [-0.3, -0.25) is 0 Å². The molecule has 0 saturated carbocycles. The molecule has 1 aromatic heterocycles. The van der Waals surface area contributed by atoms with E-state index in [1.165, 1.54) is 83.5 Å². The summed E-state index contributed by atoms with van der Waals surface area (Å²) in [6.45, 7) is 2.27. The Morgan fingerprint density at radius 3 is 1.74 bits per heavy atom. The highest BCUT2D eigenvalue weighted by Crippen LogP contribution is 2.32. The minimum Gasteiger partial charge on any atom is -0.493 e. The first kappa shape index (κ1) is 25.2. The molecule has 5 nitrogen and oxygen atoms in total. The summed E-state index contributed by atoms with van der Waals surface area (Å²) in [5.74, 6) is 1.25. The summed E-state index contributed by atoms with van der Waals surface area (Å²) in [5.41, 5.74) is 1.29. The number of hydrogen-bond acceptors (Lipinski definition) is 4. The lowest BCUT2D eigenvalue weighted by atomic mass is 10.0. The van der Waals surface area contributed by atoms with Crippen molar-refractivity contribution >= 4 is 10.9 Å². The monoisotopic (exact) mass is 430 g/mol. The van der Waals surface area contributed by atoms with Crippen molar-refractivity contribution in [3.05, 3.63) is 28.3 Å². The Bertz CT molecular complexity index is 816. The van der Waals surface area contributed by atoms with E-state index in [4.69, 9.17) is 9.47 Å². The van der Waals surface area contributed by atoms with Gasteiger partial charge in [0.05, 0.1) is 19.7 Å². The van der Waals surface area contributed by atoms with Gasteiger partial charge in [0.25, 0.3) is 0 Å². The molecule has 0 bridgehead atoms. The first-order valence-electron chi connectivity index (χ1n) is 12.3. The molecule has 2 rings (SSSR count). The molecule has 0 fully saturated rings. The summed E-state index contributed by atoms with van der Waals surface area (Å²) in [6, 6.07) is 3.69. The van der Waals surface area contributed by atoms with Gasteiger partial charge >= 0.3 is 5.69 Å². The number of rotatable bonds is 17. The van der Waals surface area contributed by atoms with E-state index in [-0.39, 0.29) is 5.69 Å². The van der Waals surface area contributed by atoms with E-state index in [0.717, 1.165) is 23.9 Å². The van der Waals surface area contributed by atoms with Crippen molar-refractivity contribution in [2.45, 2.75) is 103 Å². The Labute approximate surface area is 188 Å². The Balaban J connectivity index is 1.65. The van der Waals surface area contributed by atoms with Gasteiger partial charge < -0.3 is 14.5 Å². The molecule has 1 heterocycles. The van der Waals surface area contributed by atoms with Crippen LogP contribution >= 0.6 is 0 Å². The Hall–Kier alpha value is -2.04. The summed E-state index contributed by atoms with van der Waals surface area (Å²) in [6.07, 6.45) is 19.6. The lowest BCUT2D eigenvalue weighted by Gasteiger charge is -2.11. The van der Waals surface area contributed by atoms with Gasteiger partial charge in [-0.1, -0.05) is 90.4 Å². The van der Waals surface area contributed by atoms with E-state index >= 15 is 0 Å². The lowest BCUT2D eigenvalue weighted by molar-refractivity contribution is 0.355. The Morgan fingerprint density at radius 1 is 0.742 bits per heavy atom. The molecular weight excluding hydrogens is 388 g/mol. The molecule has 174 valence electrons. The highest BCUT2D eigenvalue weighted by Gasteiger charge is 2.11. The quantitative estimate of drug-likeness (QED) is 0.275. The second kappa shape index (κ2) is 14.9. The third-order valence-corrected chi connectivity index (χ3v) is 6.09. The molecule has 0 radical (unpaired) electrons. The fraction of sp³-hybridized carbons (Fsp3) is 0.692. The number of fused-ring (bicyclic) bond motifs is 1. The van der Waals surface area contributed by atoms with Crippen molar-refractivity contribution in [2.75, 3.05) is 14.2 Å². The van der Waals surface area contributed by atoms with E-state index in [1.54, 1.807) is 20.3 Å². The highest BCUT2D eigenvalue weighted by molar-refractivity contribution is 5.84. The van der Waals surface area contributed by atoms with Gasteiger partial charge in [0.2, 0.25) is 0 Å². The highest BCUT2D eigenvalue weighted by atomic mass is 16.5. The molecule has 2 aromatic rings. The minimum absolute atomic E-state index is 0.305. The number of hydrogen-bond donors (Lipinski definition) is 1. The van der Waals surface area contributed by atoms with E-state index in [2.05, 4.69) is 16.9 Å². The average Bonchev–Trinajstić information content (AvgIpc) is 2.78. The van der Waals surface area contributed by atoms with Crippen LogP contribution in [0.5, 0.6) is 11.5 Å². The van der Waals surface area contributed by atoms with E-state index in [1.807, 2.05) is 6.07 Å². The number of aromatic nitrogens is 2. The minimum atomic E-state index is -0.305. The van der Waals surface area contributed by atoms with Crippen LogP contribution in [0.4, 0.5) is 0 Å². The van der Waals surface area contributed by atoms with Crippen LogP contribution in [0, 0.1) is 0 Å². The van der Waals surface area contributed by atoms with Crippen molar-refractivity contribution in [1.82, 2.24) is 9.97 Å². The summed E-state index contributed by atoms with van der Waals surface area (Å²) in [5, 5.41) is 0.937. The van der Waals surface area contributed by atoms with Crippen LogP contribution in [0.25, 0.3) is 10.9 Å². The average molecular weight is 431 g/mol. The zero-order valence-electron chi connectivity index (χ0n) is 19.9. The fourth-order valence-electron chi connectivity index (χ4n) is 4.23. The number of aromatic amines is 1. The van der Waals surface area contributed by atoms with Gasteiger partial charge in [0.15, 0.2) is 11.5 Å². The third-order valence-electron chi connectivity index (χ3n) is 6.09. The predicted octanol–water partition coefficient (Wildman–Crippen LogP) is 6.96. The second-order valence-corrected chi connectivity index (χ2v) is 8.59. The molecule has 0 saturated heterocycles. The molecule has 0 aliphatic rings. The molecule has 0 atom stereocenters. The van der Waals surface area contributed by atoms with Gasteiger partial charge in [-0.05, 0) is 18.9 Å². The number of benzene rings is 1. The van der Waals surface area contributed by atoms with Gasteiger partial charge in [0, 0.05) is 17.1 Å². The van der Waals surface area contributed by atoms with Crippen molar-refractivity contribution < 1.29 is 9.47 Å². The normalized spacial score (nSPS) is 11.2. The first-order valence-corrected chi connectivity index (χ1v) is 12.3. The van der Waals surface area contributed by atoms with Crippen LogP contribution in [0.2, 0.25) is 0 Å². The molecule has 0 unspecified atom stereocenters. The molecule has 1 N–H and O–H groups in total. The predicted molar refractivity (Wildman–Crippen MR) is 129 cm³/mol. The van der Waals surface area contributed by atoms with Crippen molar-refractivity contribution in [1.29, 1.82) is 0 Å². The smallest absolute Gasteiger partial charge is 0.345 e. The Morgan fingerprint density at radius 2 is 1.23 bits per heavy atom. The summed E-state index contributed by atoms with van der Waals surface area (Å²) >= 11 is 0. The summed E-state index contributed by atoms with van der Waals surface area (Å²) in [4.78, 5) is 19.0. The molecular formula is C26H42N2O3. The maximum atomic E-state index is 12.0. The topological polar surface area (TPSA) is 64.2 Å². The standard InChI is InChI=1S/C26H42N2O3/c1-4-5-6-7-8-9-10-11-12-13-14-15-16-17-18-22-21-19-24(30-2)25(31-3)20-23(21)28-26(29)27-22/h19-20H,4-18H2,1-3H3,(H,27,28,29). The molecule has 0 aliphatic carbocycles. The number of nitrogens with zero attached hydrogens (tertiary/aromatic N) is 1. The van der Waals surface area contributed by atoms with Crippen molar-refractivity contribution in [3.8, 4) is 11.5 Å². The first-order chi connectivity index (χ1) is 15.2. The molecule has 0 amide bonds. The largest absolute Gasteiger partial charge is 0.493 e. The lowest BCUT2D eigenvalue weighted by Crippen LogP contribution is -2.13. The zero-order chi connectivity index (χ0) is 22.3. The van der Waals surface area contributed by atoms with Crippen LogP contribution in [0.1, 0.15) is 103 Å². The van der Waals surface area contributed by atoms with Crippen LogP contribution in [0.3, 0.4) is 0 Å². The molecule has 5 heteroatoms. The molecule has 0 spiro atoms. The number of H-pyrrole nitrogens is 1. The maximum Gasteiger partial charge on any atom is 0.345 e. The second-order valence-electron chi connectivity index (χ2n) is 8.59. The van der Waals surface area contributed by atoms with Gasteiger partial charge in [-0.25, -0.2) is 4.79 Å². The van der Waals surface area contributed by atoms with E-state index in [0.29, 0.717) is 17.0 Å². The van der Waals surface area contributed by atoms with Gasteiger partial charge in [-0.2, -0.15) is 4.98 Å². The maximum absolute atomic E-state index is 12.0. The van der Waals surface area contributed by atoms with Gasteiger partial charge in [-0.15, -0.1) is 0 Å². The molecule has 1 aromatic carbocycles. The fourth-order valence-corrected chi connectivity index (χ4v) is 4.23. The summed E-state index contributed by atoms with van der Waals surface area (Å²) < 4.78 is 10.7. The summed E-state index contributed by atoms with van der Waals surface area (Å²) in [7, 11) is 3.21. The van der Waals surface area contributed by atoms with E-state index < -0.39 is 0 Å². The molecule has 31 heavy (non-hydrogen) atoms. The molecule has 0 aliphatic heterocycles. The number of nitrogens with one attached hydrogen (secondary N) is 1. The number of unbranched alkanes of at least 4 members (excludes halogenated alkanes) is 13. The Kier molecular flexibility index (Phi) is 12.1.